The Morgan fingerprint density at radius 1 is 1.06 bits per heavy atom. The topological polar surface area (TPSA) is 123 Å². The molecule has 11 nitrogen and oxygen atoms in total. The zero-order chi connectivity index (χ0) is 22.1. The van der Waals surface area contributed by atoms with E-state index in [2.05, 4.69) is 30.4 Å². The lowest BCUT2D eigenvalue weighted by Crippen LogP contribution is -2.05. The maximum absolute atomic E-state index is 5.95. The van der Waals surface area contributed by atoms with E-state index in [1.54, 1.807) is 25.3 Å². The average molecular weight is 433 g/mol. The van der Waals surface area contributed by atoms with Crippen LogP contribution in [-0.2, 0) is 6.61 Å². The lowest BCUT2D eigenvalue weighted by atomic mass is 10.2. The van der Waals surface area contributed by atoms with Gasteiger partial charge in [-0.25, -0.2) is 9.97 Å². The summed E-state index contributed by atoms with van der Waals surface area (Å²) >= 11 is 0. The summed E-state index contributed by atoms with van der Waals surface area (Å²) < 4.78 is 23.6. The van der Waals surface area contributed by atoms with E-state index in [9.17, 15) is 0 Å². The minimum Gasteiger partial charge on any atom is -0.491 e. The van der Waals surface area contributed by atoms with Gasteiger partial charge in [0.25, 0.3) is 5.88 Å². The number of nitrogens with zero attached hydrogens (tertiary/aromatic N) is 7. The molecule has 0 aliphatic heterocycles. The molecule has 0 aromatic carbocycles. The van der Waals surface area contributed by atoms with Crippen molar-refractivity contribution in [1.82, 2.24) is 34.9 Å². The Balaban J connectivity index is 1.45. The zero-order valence-corrected chi connectivity index (χ0v) is 17.6. The van der Waals surface area contributed by atoms with Crippen LogP contribution in [0.3, 0.4) is 0 Å². The summed E-state index contributed by atoms with van der Waals surface area (Å²) in [6.45, 7) is 4.43. The van der Waals surface area contributed by atoms with Gasteiger partial charge in [-0.1, -0.05) is 5.16 Å². The number of aromatic nitrogens is 7. The van der Waals surface area contributed by atoms with Gasteiger partial charge in [0.05, 0.1) is 30.3 Å². The Hall–Kier alpha value is -4.28. The quantitative estimate of drug-likeness (QED) is 0.378. The van der Waals surface area contributed by atoms with Gasteiger partial charge in [0.15, 0.2) is 17.1 Å². The summed E-state index contributed by atoms with van der Waals surface area (Å²) in [6.07, 6.45) is 1.67. The van der Waals surface area contributed by atoms with Crippen LogP contribution in [0.15, 0.2) is 41.1 Å². The molecule has 11 heteroatoms. The van der Waals surface area contributed by atoms with Crippen molar-refractivity contribution in [3.8, 4) is 29.0 Å². The van der Waals surface area contributed by atoms with Gasteiger partial charge in [-0.05, 0) is 32.0 Å². The maximum atomic E-state index is 5.95. The lowest BCUT2D eigenvalue weighted by Gasteiger charge is -2.11. The van der Waals surface area contributed by atoms with Gasteiger partial charge in [-0.3, -0.25) is 0 Å². The molecule has 0 bridgehead atoms. The molecular weight excluding hydrogens is 414 g/mol. The van der Waals surface area contributed by atoms with Gasteiger partial charge in [-0.2, -0.15) is 4.52 Å². The third-order valence-electron chi connectivity index (χ3n) is 4.68. The molecule has 0 radical (unpaired) electrons. The Bertz CT molecular complexity index is 1410. The second kappa shape index (κ2) is 8.10. The van der Waals surface area contributed by atoms with Crippen LogP contribution >= 0.6 is 0 Å². The second-order valence-electron chi connectivity index (χ2n) is 6.84. The Labute approximate surface area is 182 Å². The first-order chi connectivity index (χ1) is 15.7. The van der Waals surface area contributed by atoms with Gasteiger partial charge in [0.1, 0.15) is 12.4 Å². The second-order valence-corrected chi connectivity index (χ2v) is 6.84. The normalized spacial score (nSPS) is 11.2. The third kappa shape index (κ3) is 3.53. The minimum absolute atomic E-state index is 0.178. The van der Waals surface area contributed by atoms with Crippen LogP contribution in [0.1, 0.15) is 18.4 Å². The van der Waals surface area contributed by atoms with Crippen LogP contribution in [0.25, 0.3) is 28.1 Å². The summed E-state index contributed by atoms with van der Waals surface area (Å²) in [5.74, 6) is 2.35. The van der Waals surface area contributed by atoms with Crippen LogP contribution in [0, 0.1) is 6.92 Å². The molecule has 0 aliphatic carbocycles. The molecule has 5 heterocycles. The largest absolute Gasteiger partial charge is 0.491 e. The minimum atomic E-state index is 0.178. The fourth-order valence-electron chi connectivity index (χ4n) is 3.22. The van der Waals surface area contributed by atoms with E-state index in [4.69, 9.17) is 18.7 Å². The van der Waals surface area contributed by atoms with Gasteiger partial charge < -0.3 is 18.7 Å². The highest BCUT2D eigenvalue weighted by Gasteiger charge is 2.18. The summed E-state index contributed by atoms with van der Waals surface area (Å²) in [7, 11) is 1.54. The van der Waals surface area contributed by atoms with Crippen molar-refractivity contribution in [2.45, 2.75) is 20.5 Å². The molecule has 5 aromatic rings. The van der Waals surface area contributed by atoms with E-state index in [0.717, 1.165) is 10.9 Å². The van der Waals surface area contributed by atoms with E-state index in [-0.39, 0.29) is 12.5 Å². The molecule has 162 valence electrons. The monoisotopic (exact) mass is 433 g/mol. The van der Waals surface area contributed by atoms with Crippen molar-refractivity contribution in [3.63, 3.8) is 0 Å². The fourth-order valence-corrected chi connectivity index (χ4v) is 3.22. The molecule has 0 amide bonds. The van der Waals surface area contributed by atoms with Crippen molar-refractivity contribution in [2.24, 2.45) is 0 Å². The first-order valence-electron chi connectivity index (χ1n) is 9.90. The number of hydrogen-bond donors (Lipinski definition) is 0. The molecule has 5 aromatic heterocycles. The smallest absolute Gasteiger partial charge is 0.275 e. The third-order valence-corrected chi connectivity index (χ3v) is 4.68. The van der Waals surface area contributed by atoms with Crippen LogP contribution < -0.4 is 14.2 Å². The number of methoxy groups -OCH3 is 1. The Morgan fingerprint density at radius 3 is 2.75 bits per heavy atom. The molecule has 32 heavy (non-hydrogen) atoms. The number of pyridine rings is 2. The predicted molar refractivity (Wildman–Crippen MR) is 113 cm³/mol. The molecular formula is C21H19N7O4. The summed E-state index contributed by atoms with van der Waals surface area (Å²) in [5, 5.41) is 17.6. The number of aryl methyl sites for hydroxylation is 1. The number of rotatable bonds is 7. The summed E-state index contributed by atoms with van der Waals surface area (Å²) in [6, 6.07) is 9.06. The van der Waals surface area contributed by atoms with Gasteiger partial charge in [-0.15, -0.1) is 15.3 Å². The maximum Gasteiger partial charge on any atom is 0.275 e. The molecule has 0 fully saturated rings. The molecule has 0 saturated heterocycles. The predicted octanol–water partition coefficient (Wildman–Crippen LogP) is 3.02. The fraction of sp³-hybridized carbons (Fsp3) is 0.238. The lowest BCUT2D eigenvalue weighted by molar-refractivity contribution is 0.264. The SMILES string of the molecule is CCOc1nccc2nc(COc3nn4c(-c5cc(C)on5)nnc4cc3OC)ccc12. The number of hydrogen-bond acceptors (Lipinski definition) is 10. The average Bonchev–Trinajstić information content (AvgIpc) is 3.42. The van der Waals surface area contributed by atoms with Crippen LogP contribution in [0.4, 0.5) is 0 Å². The van der Waals surface area contributed by atoms with E-state index >= 15 is 0 Å². The first-order valence-corrected chi connectivity index (χ1v) is 9.90. The summed E-state index contributed by atoms with van der Waals surface area (Å²) in [5.41, 5.74) is 2.49. The molecule has 0 saturated carbocycles. The Kier molecular flexibility index (Phi) is 4.98. The van der Waals surface area contributed by atoms with E-state index in [1.807, 2.05) is 25.1 Å². The van der Waals surface area contributed by atoms with E-state index in [0.29, 0.717) is 46.9 Å². The van der Waals surface area contributed by atoms with Crippen molar-refractivity contribution in [1.29, 1.82) is 0 Å². The highest BCUT2D eigenvalue weighted by atomic mass is 16.5. The number of ether oxygens (including phenoxy) is 3. The van der Waals surface area contributed by atoms with Gasteiger partial charge in [0.2, 0.25) is 11.7 Å². The standard InChI is InChI=1S/C21H19N7O4/c1-4-30-20-14-6-5-13(23-15(14)7-8-22-20)11-31-21-17(29-3)10-18-24-25-19(28(18)26-21)16-9-12(2)32-27-16/h5-10H,4,11H2,1-3H3. The highest BCUT2D eigenvalue weighted by molar-refractivity contribution is 5.83. The number of fused-ring (bicyclic) bond motifs is 2. The van der Waals surface area contributed by atoms with E-state index < -0.39 is 0 Å². The molecule has 0 aliphatic rings. The highest BCUT2D eigenvalue weighted by Crippen LogP contribution is 2.28. The van der Waals surface area contributed by atoms with Crippen molar-refractivity contribution in [2.75, 3.05) is 13.7 Å². The van der Waals surface area contributed by atoms with Gasteiger partial charge >= 0.3 is 0 Å². The molecule has 0 atom stereocenters. The van der Waals surface area contributed by atoms with Crippen molar-refractivity contribution in [3.05, 3.63) is 48.0 Å². The van der Waals surface area contributed by atoms with Crippen molar-refractivity contribution < 1.29 is 18.7 Å². The molecule has 0 unspecified atom stereocenters. The molecule has 5 rings (SSSR count). The van der Waals surface area contributed by atoms with Crippen LogP contribution in [0.2, 0.25) is 0 Å². The van der Waals surface area contributed by atoms with E-state index in [1.165, 1.54) is 11.6 Å². The zero-order valence-electron chi connectivity index (χ0n) is 17.6. The first kappa shape index (κ1) is 19.7. The van der Waals surface area contributed by atoms with Crippen molar-refractivity contribution >= 4 is 16.6 Å². The van der Waals surface area contributed by atoms with Crippen LogP contribution in [-0.4, -0.2) is 48.7 Å². The Morgan fingerprint density at radius 2 is 1.97 bits per heavy atom. The van der Waals surface area contributed by atoms with Gasteiger partial charge in [0, 0.05) is 18.3 Å². The van der Waals surface area contributed by atoms with Crippen LogP contribution in [0.5, 0.6) is 17.5 Å². The molecule has 0 spiro atoms. The molecule has 0 N–H and O–H groups in total. The summed E-state index contributed by atoms with van der Waals surface area (Å²) in [4.78, 5) is 8.90.